The molecule has 174 valence electrons. The molecule has 0 aliphatic carbocycles. The molecule has 1 saturated heterocycles. The van der Waals surface area contributed by atoms with Gasteiger partial charge in [-0.3, -0.25) is 4.79 Å². The first kappa shape index (κ1) is 23.9. The molecule has 1 aliphatic rings. The molecule has 0 spiro atoms. The van der Waals surface area contributed by atoms with Crippen molar-refractivity contribution in [2.75, 3.05) is 25.5 Å². The van der Waals surface area contributed by atoms with Crippen LogP contribution in [0.15, 0.2) is 48.9 Å². The summed E-state index contributed by atoms with van der Waals surface area (Å²) in [7, 11) is 1.35. The van der Waals surface area contributed by atoms with Crippen LogP contribution in [0.25, 0.3) is 5.69 Å². The third-order valence-electron chi connectivity index (χ3n) is 5.37. The number of carbonyl (C=O) groups is 2. The van der Waals surface area contributed by atoms with Gasteiger partial charge in [-0.1, -0.05) is 26.0 Å². The molecule has 0 radical (unpaired) electrons. The zero-order valence-electron chi connectivity index (χ0n) is 19.5. The number of pyridine rings is 1. The highest BCUT2D eigenvalue weighted by molar-refractivity contribution is 5.98. The van der Waals surface area contributed by atoms with E-state index in [2.05, 4.69) is 20.5 Å². The molecule has 9 heteroatoms. The second-order valence-electron chi connectivity index (χ2n) is 7.41. The smallest absolute Gasteiger partial charge is 0.341 e. The lowest BCUT2D eigenvalue weighted by molar-refractivity contribution is 0.0599. The summed E-state index contributed by atoms with van der Waals surface area (Å²) in [5, 5.41) is 11.7. The van der Waals surface area contributed by atoms with Crippen LogP contribution in [0.2, 0.25) is 0 Å². The van der Waals surface area contributed by atoms with Gasteiger partial charge in [0.1, 0.15) is 11.4 Å². The summed E-state index contributed by atoms with van der Waals surface area (Å²) in [6.07, 6.45) is 6.52. The highest BCUT2D eigenvalue weighted by Crippen LogP contribution is 2.23. The van der Waals surface area contributed by atoms with Gasteiger partial charge < -0.3 is 15.0 Å². The first-order chi connectivity index (χ1) is 16.1. The van der Waals surface area contributed by atoms with E-state index in [1.54, 1.807) is 30.7 Å². The van der Waals surface area contributed by atoms with Gasteiger partial charge in [0.25, 0.3) is 5.91 Å². The number of aryl methyl sites for hydroxylation is 1. The average Bonchev–Trinajstić information content (AvgIpc) is 3.40. The first-order valence-corrected chi connectivity index (χ1v) is 11.1. The SMILES string of the molecule is CC.COC(=O)c1c(C)ccnc1NC1CCCN(C(=O)c2ccccc2-n2nccn2)C1. The number of ether oxygens (including phenoxy) is 1. The van der Waals surface area contributed by atoms with Crippen molar-refractivity contribution in [2.24, 2.45) is 0 Å². The van der Waals surface area contributed by atoms with Gasteiger partial charge >= 0.3 is 5.97 Å². The number of carbonyl (C=O) groups excluding carboxylic acids is 2. The Balaban J connectivity index is 0.00000149. The van der Waals surface area contributed by atoms with E-state index in [1.165, 1.54) is 11.9 Å². The molecule has 1 unspecified atom stereocenters. The summed E-state index contributed by atoms with van der Waals surface area (Å²) < 4.78 is 4.92. The highest BCUT2D eigenvalue weighted by atomic mass is 16.5. The summed E-state index contributed by atoms with van der Waals surface area (Å²) in [4.78, 5) is 33.2. The Morgan fingerprint density at radius 1 is 1.09 bits per heavy atom. The lowest BCUT2D eigenvalue weighted by atomic mass is 10.0. The maximum atomic E-state index is 13.3. The summed E-state index contributed by atoms with van der Waals surface area (Å²) >= 11 is 0. The fourth-order valence-electron chi connectivity index (χ4n) is 3.84. The van der Waals surface area contributed by atoms with Crippen LogP contribution in [0.4, 0.5) is 5.82 Å². The minimum absolute atomic E-state index is 0.0367. The number of esters is 1. The topological polar surface area (TPSA) is 102 Å². The number of benzene rings is 1. The number of para-hydroxylation sites is 1. The predicted octanol–water partition coefficient (Wildman–Crippen LogP) is 3.50. The molecule has 1 N–H and O–H groups in total. The summed E-state index contributed by atoms with van der Waals surface area (Å²) in [6, 6.07) is 9.04. The number of piperidine rings is 1. The predicted molar refractivity (Wildman–Crippen MR) is 126 cm³/mol. The number of hydrogen-bond donors (Lipinski definition) is 1. The number of hydrogen-bond acceptors (Lipinski definition) is 7. The maximum absolute atomic E-state index is 13.3. The Kier molecular flexibility index (Phi) is 8.12. The van der Waals surface area contributed by atoms with Crippen molar-refractivity contribution in [2.45, 2.75) is 39.7 Å². The van der Waals surface area contributed by atoms with Crippen LogP contribution >= 0.6 is 0 Å². The van der Waals surface area contributed by atoms with Crippen molar-refractivity contribution in [3.05, 3.63) is 65.6 Å². The third kappa shape index (κ3) is 5.36. The van der Waals surface area contributed by atoms with E-state index >= 15 is 0 Å². The number of nitrogens with one attached hydrogen (secondary N) is 1. The molecule has 1 aliphatic heterocycles. The number of aromatic nitrogens is 4. The van der Waals surface area contributed by atoms with Crippen LogP contribution in [0.1, 0.15) is 53.0 Å². The van der Waals surface area contributed by atoms with Gasteiger partial charge in [-0.05, 0) is 43.5 Å². The van der Waals surface area contributed by atoms with Crippen LogP contribution in [-0.2, 0) is 4.74 Å². The summed E-state index contributed by atoms with van der Waals surface area (Å²) in [5.41, 5.74) is 2.39. The van der Waals surface area contributed by atoms with Crippen molar-refractivity contribution in [3.63, 3.8) is 0 Å². The van der Waals surface area contributed by atoms with Crippen molar-refractivity contribution in [1.82, 2.24) is 24.9 Å². The molecule has 3 aromatic rings. The van der Waals surface area contributed by atoms with Gasteiger partial charge in [0.05, 0.1) is 30.8 Å². The highest BCUT2D eigenvalue weighted by Gasteiger charge is 2.28. The lowest BCUT2D eigenvalue weighted by Crippen LogP contribution is -2.45. The molecule has 9 nitrogen and oxygen atoms in total. The van der Waals surface area contributed by atoms with Crippen molar-refractivity contribution < 1.29 is 14.3 Å². The fraction of sp³-hybridized carbons (Fsp3) is 0.375. The second-order valence-corrected chi connectivity index (χ2v) is 7.41. The maximum Gasteiger partial charge on any atom is 0.341 e. The van der Waals surface area contributed by atoms with Gasteiger partial charge in [0.15, 0.2) is 0 Å². The van der Waals surface area contributed by atoms with Crippen molar-refractivity contribution in [1.29, 1.82) is 0 Å². The minimum Gasteiger partial charge on any atom is -0.465 e. The van der Waals surface area contributed by atoms with E-state index in [1.807, 2.05) is 43.9 Å². The average molecular weight is 451 g/mol. The van der Waals surface area contributed by atoms with Crippen LogP contribution in [0.5, 0.6) is 0 Å². The molecule has 33 heavy (non-hydrogen) atoms. The number of likely N-dealkylation sites (tertiary alicyclic amines) is 1. The van der Waals surface area contributed by atoms with E-state index in [0.717, 1.165) is 18.4 Å². The van der Waals surface area contributed by atoms with Crippen LogP contribution in [0, 0.1) is 6.92 Å². The number of nitrogens with zero attached hydrogens (tertiary/aromatic N) is 5. The molecular formula is C24H30N6O3. The van der Waals surface area contributed by atoms with Crippen LogP contribution < -0.4 is 5.32 Å². The van der Waals surface area contributed by atoms with Crippen LogP contribution in [0.3, 0.4) is 0 Å². The zero-order chi connectivity index (χ0) is 23.8. The molecule has 1 fully saturated rings. The van der Waals surface area contributed by atoms with Gasteiger partial charge in [-0.2, -0.15) is 15.0 Å². The third-order valence-corrected chi connectivity index (χ3v) is 5.37. The fourth-order valence-corrected chi connectivity index (χ4v) is 3.84. The Labute approximate surface area is 193 Å². The van der Waals surface area contributed by atoms with Crippen LogP contribution in [-0.4, -0.2) is 63.0 Å². The summed E-state index contributed by atoms with van der Waals surface area (Å²) in [5.74, 6) is -0.0328. The number of anilines is 1. The second kappa shape index (κ2) is 11.2. The number of rotatable bonds is 5. The largest absolute Gasteiger partial charge is 0.465 e. The van der Waals surface area contributed by atoms with Gasteiger partial charge in [-0.15, -0.1) is 0 Å². The Bertz CT molecular complexity index is 1080. The quantitative estimate of drug-likeness (QED) is 0.594. The Morgan fingerprint density at radius 2 is 1.82 bits per heavy atom. The summed E-state index contributed by atoms with van der Waals surface area (Å²) in [6.45, 7) is 7.00. The molecule has 1 amide bonds. The van der Waals surface area contributed by atoms with E-state index in [-0.39, 0.29) is 11.9 Å². The van der Waals surface area contributed by atoms with E-state index in [4.69, 9.17) is 4.74 Å². The van der Waals surface area contributed by atoms with Gasteiger partial charge in [0.2, 0.25) is 0 Å². The molecule has 1 aromatic carbocycles. The van der Waals surface area contributed by atoms with E-state index in [9.17, 15) is 9.59 Å². The Hall–Kier alpha value is -3.75. The molecular weight excluding hydrogens is 420 g/mol. The van der Waals surface area contributed by atoms with E-state index < -0.39 is 5.97 Å². The monoisotopic (exact) mass is 450 g/mol. The zero-order valence-corrected chi connectivity index (χ0v) is 19.5. The Morgan fingerprint density at radius 3 is 2.55 bits per heavy atom. The minimum atomic E-state index is -0.433. The first-order valence-electron chi connectivity index (χ1n) is 11.1. The standard InChI is InChI=1S/C22H24N6O3.C2H6/c1-15-9-10-23-20(19(15)22(30)31-2)26-16-6-5-13-27(14-16)21(29)17-7-3-4-8-18(17)28-24-11-12-25-28;1-2/h3-4,7-12,16H,5-6,13-14H2,1-2H3,(H,23,26);1-2H3. The van der Waals surface area contributed by atoms with E-state index in [0.29, 0.717) is 35.7 Å². The molecule has 0 bridgehead atoms. The van der Waals surface area contributed by atoms with Crippen molar-refractivity contribution >= 4 is 17.7 Å². The molecule has 4 rings (SSSR count). The van der Waals surface area contributed by atoms with Gasteiger partial charge in [-0.25, -0.2) is 9.78 Å². The molecule has 0 saturated carbocycles. The molecule has 2 aromatic heterocycles. The normalized spacial score (nSPS) is 15.3. The lowest BCUT2D eigenvalue weighted by Gasteiger charge is -2.34. The molecule has 1 atom stereocenters. The number of amides is 1. The van der Waals surface area contributed by atoms with Crippen molar-refractivity contribution in [3.8, 4) is 5.69 Å². The number of methoxy groups -OCH3 is 1. The van der Waals surface area contributed by atoms with Gasteiger partial charge in [0, 0.05) is 25.3 Å². The molecule has 3 heterocycles.